The van der Waals surface area contributed by atoms with Gasteiger partial charge in [-0.25, -0.2) is 9.59 Å². The molecule has 0 saturated carbocycles. The molecule has 4 rings (SSSR count). The molecule has 0 spiro atoms. The van der Waals surface area contributed by atoms with Crippen LogP contribution < -0.4 is 10.1 Å². The SMILES string of the molecule is COC(=O)C1=C(C)NC(C)=C(C(=O)OCCCc2ccc(OCC3COC(C)(C)O3)cc2)C1c1cccc([N+](=O)[O-])c1. The van der Waals surface area contributed by atoms with Crippen molar-refractivity contribution in [2.45, 2.75) is 58.3 Å². The number of nitrogens with one attached hydrogen (secondary N) is 1. The Morgan fingerprint density at radius 2 is 1.76 bits per heavy atom. The Kier molecular flexibility index (Phi) is 9.64. The van der Waals surface area contributed by atoms with E-state index in [2.05, 4.69) is 5.32 Å². The maximum absolute atomic E-state index is 13.4. The molecule has 1 N–H and O–H groups in total. The number of methoxy groups -OCH3 is 1. The van der Waals surface area contributed by atoms with Crippen molar-refractivity contribution < 1.29 is 38.2 Å². The Hall–Kier alpha value is -4.22. The van der Waals surface area contributed by atoms with Gasteiger partial charge in [-0.15, -0.1) is 0 Å². The van der Waals surface area contributed by atoms with Crippen molar-refractivity contribution in [1.29, 1.82) is 0 Å². The first-order chi connectivity index (χ1) is 20.0. The van der Waals surface area contributed by atoms with Crippen molar-refractivity contribution in [2.75, 3.05) is 26.9 Å². The molecule has 0 aliphatic carbocycles. The normalized spacial score (nSPS) is 19.7. The molecular weight excluding hydrogens is 544 g/mol. The number of hydrogen-bond acceptors (Lipinski definition) is 10. The maximum Gasteiger partial charge on any atom is 0.336 e. The van der Waals surface area contributed by atoms with E-state index in [-0.39, 0.29) is 29.5 Å². The molecule has 1 fully saturated rings. The molecule has 11 heteroatoms. The number of carbonyl (C=O) groups excluding carboxylic acids is 2. The summed E-state index contributed by atoms with van der Waals surface area (Å²) in [6, 6.07) is 13.6. The Bertz CT molecular complexity index is 1400. The van der Waals surface area contributed by atoms with Gasteiger partial charge in [0.1, 0.15) is 18.5 Å². The predicted molar refractivity (Wildman–Crippen MR) is 153 cm³/mol. The molecule has 2 atom stereocenters. The molecule has 0 amide bonds. The average Bonchev–Trinajstić information content (AvgIpc) is 3.32. The summed E-state index contributed by atoms with van der Waals surface area (Å²) in [7, 11) is 1.24. The van der Waals surface area contributed by atoms with Crippen LogP contribution in [0.15, 0.2) is 71.1 Å². The lowest BCUT2D eigenvalue weighted by Crippen LogP contribution is -2.32. The molecule has 224 valence electrons. The number of rotatable bonds is 11. The summed E-state index contributed by atoms with van der Waals surface area (Å²) in [5.41, 5.74) is 2.69. The Morgan fingerprint density at radius 1 is 1.07 bits per heavy atom. The van der Waals surface area contributed by atoms with Gasteiger partial charge in [0.05, 0.1) is 42.3 Å². The zero-order valence-corrected chi connectivity index (χ0v) is 24.4. The molecule has 0 aromatic heterocycles. The van der Waals surface area contributed by atoms with Gasteiger partial charge in [-0.05, 0) is 63.8 Å². The number of carbonyl (C=O) groups is 2. The van der Waals surface area contributed by atoms with E-state index in [4.69, 9.17) is 23.7 Å². The fourth-order valence-corrected chi connectivity index (χ4v) is 5.10. The number of non-ortho nitro benzene ring substituents is 1. The zero-order valence-electron chi connectivity index (χ0n) is 24.4. The van der Waals surface area contributed by atoms with Crippen LogP contribution in [0.2, 0.25) is 0 Å². The Morgan fingerprint density at radius 3 is 2.38 bits per heavy atom. The lowest BCUT2D eigenvalue weighted by molar-refractivity contribution is -0.384. The molecule has 2 aromatic rings. The van der Waals surface area contributed by atoms with Gasteiger partial charge >= 0.3 is 11.9 Å². The first-order valence-corrected chi connectivity index (χ1v) is 13.7. The molecule has 0 radical (unpaired) electrons. The van der Waals surface area contributed by atoms with E-state index in [1.54, 1.807) is 19.9 Å². The second-order valence-corrected chi connectivity index (χ2v) is 10.6. The number of nitro benzene ring substituents is 1. The second-order valence-electron chi connectivity index (χ2n) is 10.6. The lowest BCUT2D eigenvalue weighted by atomic mass is 9.80. The van der Waals surface area contributed by atoms with Crippen LogP contribution in [-0.4, -0.2) is 55.7 Å². The van der Waals surface area contributed by atoms with Crippen LogP contribution in [0, 0.1) is 10.1 Å². The smallest absolute Gasteiger partial charge is 0.336 e. The van der Waals surface area contributed by atoms with Crippen LogP contribution >= 0.6 is 0 Å². The minimum atomic E-state index is -0.897. The monoisotopic (exact) mass is 580 g/mol. The number of nitro groups is 1. The third-order valence-corrected chi connectivity index (χ3v) is 7.07. The molecule has 2 aromatic carbocycles. The van der Waals surface area contributed by atoms with Crippen molar-refractivity contribution in [3.63, 3.8) is 0 Å². The van der Waals surface area contributed by atoms with Gasteiger partial charge in [0, 0.05) is 23.5 Å². The molecule has 2 heterocycles. The molecular formula is C31H36N2O9. The highest BCUT2D eigenvalue weighted by molar-refractivity contribution is 5.99. The minimum Gasteiger partial charge on any atom is -0.491 e. The van der Waals surface area contributed by atoms with Crippen molar-refractivity contribution in [3.05, 3.63) is 92.3 Å². The molecule has 2 unspecified atom stereocenters. The average molecular weight is 581 g/mol. The van der Waals surface area contributed by atoms with Crippen molar-refractivity contribution >= 4 is 17.6 Å². The number of benzene rings is 2. The number of nitrogens with zero attached hydrogens (tertiary/aromatic N) is 1. The number of ether oxygens (including phenoxy) is 5. The van der Waals surface area contributed by atoms with Crippen LogP contribution in [0.25, 0.3) is 0 Å². The standard InChI is InChI=1S/C31H36N2O9/c1-19-26(29(34)38-5)28(22-9-6-10-23(16-22)33(36)37)27(20(2)32-19)30(35)39-15-7-8-21-11-13-24(14-12-21)40-17-25-18-41-31(3,4)42-25/h6,9-14,16,25,28,32H,7-8,15,17-18H2,1-5H3. The summed E-state index contributed by atoms with van der Waals surface area (Å²) >= 11 is 0. The first-order valence-electron chi connectivity index (χ1n) is 13.7. The van der Waals surface area contributed by atoms with E-state index >= 15 is 0 Å². The van der Waals surface area contributed by atoms with Gasteiger partial charge in [0.2, 0.25) is 0 Å². The molecule has 1 saturated heterocycles. The van der Waals surface area contributed by atoms with Crippen LogP contribution in [0.3, 0.4) is 0 Å². The van der Waals surface area contributed by atoms with E-state index < -0.39 is 28.6 Å². The zero-order chi connectivity index (χ0) is 30.4. The summed E-state index contributed by atoms with van der Waals surface area (Å²) in [5, 5.41) is 14.5. The molecule has 0 bridgehead atoms. The van der Waals surface area contributed by atoms with Gasteiger partial charge in [-0.2, -0.15) is 0 Å². The van der Waals surface area contributed by atoms with E-state index in [0.29, 0.717) is 43.0 Å². The Balaban J connectivity index is 1.38. The fourth-order valence-electron chi connectivity index (χ4n) is 5.10. The largest absolute Gasteiger partial charge is 0.491 e. The van der Waals surface area contributed by atoms with E-state index in [9.17, 15) is 19.7 Å². The third-order valence-electron chi connectivity index (χ3n) is 7.07. The fraction of sp³-hybridized carbons (Fsp3) is 0.419. The van der Waals surface area contributed by atoms with Gasteiger partial charge < -0.3 is 29.0 Å². The number of esters is 2. The second kappa shape index (κ2) is 13.2. The molecule has 2 aliphatic heterocycles. The van der Waals surface area contributed by atoms with Crippen molar-refractivity contribution in [2.24, 2.45) is 0 Å². The van der Waals surface area contributed by atoms with Crippen LogP contribution in [-0.2, 0) is 35.0 Å². The van der Waals surface area contributed by atoms with Crippen molar-refractivity contribution in [1.82, 2.24) is 5.32 Å². The highest BCUT2D eigenvalue weighted by Gasteiger charge is 2.38. The van der Waals surface area contributed by atoms with Gasteiger partial charge in [-0.3, -0.25) is 10.1 Å². The summed E-state index contributed by atoms with van der Waals surface area (Å²) in [6.45, 7) is 8.16. The highest BCUT2D eigenvalue weighted by Crippen LogP contribution is 2.40. The molecule has 11 nitrogen and oxygen atoms in total. The number of allylic oxidation sites excluding steroid dienone is 2. The van der Waals surface area contributed by atoms with Crippen LogP contribution in [0.4, 0.5) is 5.69 Å². The summed E-state index contributed by atoms with van der Waals surface area (Å²) < 4.78 is 27.8. The quantitative estimate of drug-likeness (QED) is 0.172. The number of hydrogen-bond donors (Lipinski definition) is 1. The summed E-state index contributed by atoms with van der Waals surface area (Å²) in [5.74, 6) is -2.02. The van der Waals surface area contributed by atoms with Gasteiger partial charge in [0.25, 0.3) is 5.69 Å². The minimum absolute atomic E-state index is 0.118. The topological polar surface area (TPSA) is 135 Å². The van der Waals surface area contributed by atoms with E-state index in [0.717, 1.165) is 11.3 Å². The lowest BCUT2D eigenvalue weighted by Gasteiger charge is -2.30. The van der Waals surface area contributed by atoms with Crippen LogP contribution in [0.5, 0.6) is 5.75 Å². The number of dihydropyridines is 1. The van der Waals surface area contributed by atoms with E-state index in [1.165, 1.54) is 25.3 Å². The summed E-state index contributed by atoms with van der Waals surface area (Å²) in [6.07, 6.45) is 1.11. The van der Waals surface area contributed by atoms with Crippen LogP contribution in [0.1, 0.15) is 51.2 Å². The molecule has 42 heavy (non-hydrogen) atoms. The first kappa shape index (κ1) is 30.7. The third kappa shape index (κ3) is 7.34. The number of aryl methyl sites for hydroxylation is 1. The predicted octanol–water partition coefficient (Wildman–Crippen LogP) is 4.71. The van der Waals surface area contributed by atoms with Gasteiger partial charge in [0.15, 0.2) is 5.79 Å². The maximum atomic E-state index is 13.4. The van der Waals surface area contributed by atoms with Crippen molar-refractivity contribution in [3.8, 4) is 5.75 Å². The molecule has 2 aliphatic rings. The highest BCUT2D eigenvalue weighted by atomic mass is 16.7. The summed E-state index contributed by atoms with van der Waals surface area (Å²) in [4.78, 5) is 37.1. The van der Waals surface area contributed by atoms with Gasteiger partial charge in [-0.1, -0.05) is 24.3 Å². The Labute approximate surface area is 244 Å². The van der Waals surface area contributed by atoms with E-state index in [1.807, 2.05) is 38.1 Å².